The predicted molar refractivity (Wildman–Crippen MR) is 58.2 cm³/mol. The minimum atomic E-state index is -2.81. The molecule has 0 saturated carbocycles. The highest BCUT2D eigenvalue weighted by Gasteiger charge is 2.18. The minimum Gasteiger partial charge on any atom is -0.311 e. The van der Waals surface area contributed by atoms with Crippen molar-refractivity contribution in [2.75, 3.05) is 38.2 Å². The molecule has 0 aromatic rings. The van der Waals surface area contributed by atoms with Gasteiger partial charge in [-0.05, 0) is 6.42 Å². The van der Waals surface area contributed by atoms with Gasteiger partial charge in [-0.15, -0.1) is 0 Å². The Balaban J connectivity index is 2.31. The summed E-state index contributed by atoms with van der Waals surface area (Å²) in [7, 11) is -2.81. The van der Waals surface area contributed by atoms with Gasteiger partial charge in [0.25, 0.3) is 0 Å². The normalized spacial score (nSPS) is 25.1. The molecule has 0 bridgehead atoms. The molecule has 1 rings (SSSR count). The van der Waals surface area contributed by atoms with E-state index in [0.29, 0.717) is 12.6 Å². The maximum Gasteiger partial charge on any atom is 0.148 e. The highest BCUT2D eigenvalue weighted by Crippen LogP contribution is 2.02. The van der Waals surface area contributed by atoms with Gasteiger partial charge < -0.3 is 5.32 Å². The number of sulfone groups is 1. The molecule has 84 valence electrons. The molecule has 1 saturated heterocycles. The lowest BCUT2D eigenvalue weighted by Gasteiger charge is -2.32. The predicted octanol–water partition coefficient (Wildman–Crippen LogP) is -0.285. The quantitative estimate of drug-likeness (QED) is 0.707. The number of rotatable bonds is 4. The van der Waals surface area contributed by atoms with Gasteiger partial charge in [0.1, 0.15) is 9.84 Å². The Labute approximate surface area is 86.6 Å². The smallest absolute Gasteiger partial charge is 0.148 e. The van der Waals surface area contributed by atoms with Crippen LogP contribution in [-0.4, -0.2) is 57.5 Å². The molecule has 1 fully saturated rings. The van der Waals surface area contributed by atoms with Gasteiger partial charge in [-0.3, -0.25) is 4.90 Å². The molecule has 14 heavy (non-hydrogen) atoms. The van der Waals surface area contributed by atoms with Gasteiger partial charge in [0.2, 0.25) is 0 Å². The molecule has 1 atom stereocenters. The van der Waals surface area contributed by atoms with Crippen molar-refractivity contribution in [2.45, 2.75) is 19.4 Å². The molecule has 1 unspecified atom stereocenters. The third-order valence-electron chi connectivity index (χ3n) is 2.61. The minimum absolute atomic E-state index is 0.281. The van der Waals surface area contributed by atoms with E-state index in [1.165, 1.54) is 6.26 Å². The second kappa shape index (κ2) is 5.09. The molecule has 0 aliphatic carbocycles. The van der Waals surface area contributed by atoms with Gasteiger partial charge in [-0.2, -0.15) is 0 Å². The summed E-state index contributed by atoms with van der Waals surface area (Å²) in [6.45, 7) is 5.75. The van der Waals surface area contributed by atoms with E-state index in [0.717, 1.165) is 26.1 Å². The van der Waals surface area contributed by atoms with Gasteiger partial charge in [0.15, 0.2) is 0 Å². The molecule has 0 amide bonds. The third-order valence-corrected chi connectivity index (χ3v) is 3.53. The summed E-state index contributed by atoms with van der Waals surface area (Å²) >= 11 is 0. The van der Waals surface area contributed by atoms with Gasteiger partial charge in [-0.1, -0.05) is 6.92 Å². The first kappa shape index (κ1) is 11.9. The molecule has 1 heterocycles. The van der Waals surface area contributed by atoms with Crippen LogP contribution in [0.15, 0.2) is 0 Å². The first-order chi connectivity index (χ1) is 6.51. The van der Waals surface area contributed by atoms with Gasteiger partial charge in [-0.25, -0.2) is 8.42 Å². The van der Waals surface area contributed by atoms with Crippen LogP contribution in [0, 0.1) is 0 Å². The van der Waals surface area contributed by atoms with E-state index in [1.807, 2.05) is 0 Å². The van der Waals surface area contributed by atoms with Crippen molar-refractivity contribution in [3.05, 3.63) is 0 Å². The topological polar surface area (TPSA) is 49.4 Å². The van der Waals surface area contributed by atoms with Crippen LogP contribution in [0.1, 0.15) is 13.3 Å². The third kappa shape index (κ3) is 4.39. The van der Waals surface area contributed by atoms with Crippen molar-refractivity contribution in [3.63, 3.8) is 0 Å². The largest absolute Gasteiger partial charge is 0.311 e. The van der Waals surface area contributed by atoms with Gasteiger partial charge in [0, 0.05) is 38.5 Å². The molecule has 1 N–H and O–H groups in total. The number of hydrogen-bond donors (Lipinski definition) is 1. The summed E-state index contributed by atoms with van der Waals surface area (Å²) in [6.07, 6.45) is 2.40. The van der Waals surface area contributed by atoms with E-state index in [-0.39, 0.29) is 5.75 Å². The van der Waals surface area contributed by atoms with Crippen molar-refractivity contribution in [3.8, 4) is 0 Å². The Morgan fingerprint density at radius 1 is 1.50 bits per heavy atom. The molecule has 4 nitrogen and oxygen atoms in total. The van der Waals surface area contributed by atoms with Gasteiger partial charge in [0.05, 0.1) is 5.75 Å². The Hall–Kier alpha value is -0.130. The van der Waals surface area contributed by atoms with Crippen LogP contribution >= 0.6 is 0 Å². The zero-order chi connectivity index (χ0) is 10.6. The fourth-order valence-corrected chi connectivity index (χ4v) is 2.26. The first-order valence-corrected chi connectivity index (χ1v) is 7.21. The van der Waals surface area contributed by atoms with Crippen molar-refractivity contribution >= 4 is 9.84 Å². The average molecular weight is 220 g/mol. The summed E-state index contributed by atoms with van der Waals surface area (Å²) in [5, 5.41) is 3.40. The van der Waals surface area contributed by atoms with Crippen LogP contribution in [0.2, 0.25) is 0 Å². The number of piperazine rings is 1. The second-order valence-corrected chi connectivity index (χ2v) is 6.25. The van der Waals surface area contributed by atoms with E-state index in [1.54, 1.807) is 0 Å². The fraction of sp³-hybridized carbons (Fsp3) is 1.00. The lowest BCUT2D eigenvalue weighted by Crippen LogP contribution is -2.51. The highest BCUT2D eigenvalue weighted by molar-refractivity contribution is 7.90. The van der Waals surface area contributed by atoms with E-state index < -0.39 is 9.84 Å². The SMILES string of the molecule is CCC1CN(CCS(C)(=O)=O)CCN1. The van der Waals surface area contributed by atoms with Crippen molar-refractivity contribution in [2.24, 2.45) is 0 Å². The number of hydrogen-bond acceptors (Lipinski definition) is 4. The zero-order valence-corrected chi connectivity index (χ0v) is 9.81. The molecule has 0 spiro atoms. The summed E-state index contributed by atoms with van der Waals surface area (Å²) in [6, 6.07) is 0.531. The Morgan fingerprint density at radius 2 is 2.21 bits per heavy atom. The summed E-state index contributed by atoms with van der Waals surface area (Å²) < 4.78 is 22.0. The lowest BCUT2D eigenvalue weighted by atomic mass is 10.1. The van der Waals surface area contributed by atoms with Crippen molar-refractivity contribution < 1.29 is 8.42 Å². The first-order valence-electron chi connectivity index (χ1n) is 5.14. The summed E-state index contributed by atoms with van der Waals surface area (Å²) in [4.78, 5) is 2.23. The molecule has 1 aliphatic heterocycles. The molecular weight excluding hydrogens is 200 g/mol. The Kier molecular flexibility index (Phi) is 4.34. The molecule has 0 radical (unpaired) electrons. The van der Waals surface area contributed by atoms with Crippen molar-refractivity contribution in [1.82, 2.24) is 10.2 Å². The Morgan fingerprint density at radius 3 is 2.79 bits per heavy atom. The monoisotopic (exact) mass is 220 g/mol. The van der Waals surface area contributed by atoms with Crippen molar-refractivity contribution in [1.29, 1.82) is 0 Å². The molecule has 1 aliphatic rings. The molecular formula is C9H20N2O2S. The second-order valence-electron chi connectivity index (χ2n) is 3.99. The van der Waals surface area contributed by atoms with Gasteiger partial charge >= 0.3 is 0 Å². The summed E-state index contributed by atoms with van der Waals surface area (Å²) in [5.74, 6) is 0.281. The summed E-state index contributed by atoms with van der Waals surface area (Å²) in [5.41, 5.74) is 0. The average Bonchev–Trinajstić information content (AvgIpc) is 2.14. The van der Waals surface area contributed by atoms with Crippen LogP contribution in [0.25, 0.3) is 0 Å². The maximum absolute atomic E-state index is 11.0. The molecule has 5 heteroatoms. The van der Waals surface area contributed by atoms with Crippen LogP contribution in [0.3, 0.4) is 0 Å². The molecule has 0 aromatic carbocycles. The maximum atomic E-state index is 11.0. The standard InChI is InChI=1S/C9H20N2O2S/c1-3-9-8-11(5-4-10-9)6-7-14(2,12)13/h9-10H,3-8H2,1-2H3. The van der Waals surface area contributed by atoms with E-state index >= 15 is 0 Å². The van der Waals surface area contributed by atoms with Crippen LogP contribution < -0.4 is 5.32 Å². The van der Waals surface area contributed by atoms with E-state index in [4.69, 9.17) is 0 Å². The van der Waals surface area contributed by atoms with Crippen LogP contribution in [0.5, 0.6) is 0 Å². The van der Waals surface area contributed by atoms with E-state index in [9.17, 15) is 8.42 Å². The van der Waals surface area contributed by atoms with Crippen LogP contribution in [-0.2, 0) is 9.84 Å². The zero-order valence-electron chi connectivity index (χ0n) is 8.99. The fourth-order valence-electron chi connectivity index (χ4n) is 1.67. The highest BCUT2D eigenvalue weighted by atomic mass is 32.2. The number of nitrogens with zero attached hydrogens (tertiary/aromatic N) is 1. The van der Waals surface area contributed by atoms with Crippen LogP contribution in [0.4, 0.5) is 0 Å². The Bertz CT molecular complexity index is 264. The number of nitrogens with one attached hydrogen (secondary N) is 1. The van der Waals surface area contributed by atoms with E-state index in [2.05, 4.69) is 17.1 Å². The lowest BCUT2D eigenvalue weighted by molar-refractivity contribution is 0.207. The molecule has 0 aromatic heterocycles.